The summed E-state index contributed by atoms with van der Waals surface area (Å²) in [7, 11) is 0. The molecule has 12 heavy (non-hydrogen) atoms. The molecule has 0 amide bonds. The standard InChI is InChI=1S/C9H13F3/c1-3-5-7-8(6-4-2)9(10,11)12/h4,6-7H,3,5H2,1-2H3/b6-4?,8-7+. The monoisotopic (exact) mass is 178 g/mol. The summed E-state index contributed by atoms with van der Waals surface area (Å²) < 4.78 is 36.3. The highest BCUT2D eigenvalue weighted by Gasteiger charge is 2.30. The molecule has 0 heterocycles. The first kappa shape index (κ1) is 11.3. The molecular weight excluding hydrogens is 165 g/mol. The molecule has 0 atom stereocenters. The second-order valence-electron chi connectivity index (χ2n) is 2.45. The van der Waals surface area contributed by atoms with E-state index in [0.29, 0.717) is 6.42 Å². The number of unbranched alkanes of at least 4 members (excludes halogenated alkanes) is 1. The van der Waals surface area contributed by atoms with Gasteiger partial charge in [0.1, 0.15) is 0 Å². The number of hydrogen-bond acceptors (Lipinski definition) is 0. The lowest BCUT2D eigenvalue weighted by Gasteiger charge is -2.06. The molecule has 0 aromatic rings. The van der Waals surface area contributed by atoms with Crippen LogP contribution in [0, 0.1) is 0 Å². The second kappa shape index (κ2) is 5.01. The van der Waals surface area contributed by atoms with Crippen molar-refractivity contribution >= 4 is 0 Å². The topological polar surface area (TPSA) is 0 Å². The van der Waals surface area contributed by atoms with Crippen LogP contribution in [0.2, 0.25) is 0 Å². The van der Waals surface area contributed by atoms with E-state index in [1.807, 2.05) is 6.92 Å². The first-order valence-corrected chi connectivity index (χ1v) is 3.92. The molecule has 0 aliphatic rings. The van der Waals surface area contributed by atoms with Crippen LogP contribution in [0.5, 0.6) is 0 Å². The molecule has 0 nitrogen and oxygen atoms in total. The summed E-state index contributed by atoms with van der Waals surface area (Å²) in [5.41, 5.74) is -0.549. The van der Waals surface area contributed by atoms with Crippen molar-refractivity contribution in [2.24, 2.45) is 0 Å². The number of hydrogen-bond donors (Lipinski definition) is 0. The molecule has 0 unspecified atom stereocenters. The molecule has 0 saturated carbocycles. The Morgan fingerprint density at radius 3 is 2.25 bits per heavy atom. The summed E-state index contributed by atoms with van der Waals surface area (Å²) in [6, 6.07) is 0. The van der Waals surface area contributed by atoms with E-state index in [2.05, 4.69) is 0 Å². The Balaban J connectivity index is 4.44. The van der Waals surface area contributed by atoms with E-state index in [9.17, 15) is 13.2 Å². The van der Waals surface area contributed by atoms with Crippen LogP contribution in [0.25, 0.3) is 0 Å². The van der Waals surface area contributed by atoms with Crippen molar-refractivity contribution in [2.45, 2.75) is 32.9 Å². The van der Waals surface area contributed by atoms with E-state index in [1.54, 1.807) is 6.92 Å². The summed E-state index contributed by atoms with van der Waals surface area (Å²) in [5.74, 6) is 0. The van der Waals surface area contributed by atoms with Gasteiger partial charge >= 0.3 is 6.18 Å². The third-order valence-electron chi connectivity index (χ3n) is 1.33. The van der Waals surface area contributed by atoms with Crippen LogP contribution in [-0.2, 0) is 0 Å². The van der Waals surface area contributed by atoms with Crippen molar-refractivity contribution in [2.75, 3.05) is 0 Å². The number of rotatable bonds is 3. The molecule has 0 radical (unpaired) electrons. The predicted octanol–water partition coefficient (Wildman–Crippen LogP) is 3.85. The fraction of sp³-hybridized carbons (Fsp3) is 0.556. The van der Waals surface area contributed by atoms with Crippen molar-refractivity contribution in [3.05, 3.63) is 23.8 Å². The maximum Gasteiger partial charge on any atom is 0.416 e. The van der Waals surface area contributed by atoms with Crippen LogP contribution in [0.3, 0.4) is 0 Å². The van der Waals surface area contributed by atoms with Crippen molar-refractivity contribution < 1.29 is 13.2 Å². The van der Waals surface area contributed by atoms with E-state index >= 15 is 0 Å². The summed E-state index contributed by atoms with van der Waals surface area (Å²) in [5, 5.41) is 0. The maximum absolute atomic E-state index is 12.1. The van der Waals surface area contributed by atoms with Crippen molar-refractivity contribution in [1.29, 1.82) is 0 Å². The Morgan fingerprint density at radius 2 is 1.92 bits per heavy atom. The van der Waals surface area contributed by atoms with Gasteiger partial charge in [0.15, 0.2) is 0 Å². The zero-order valence-corrected chi connectivity index (χ0v) is 7.28. The first-order valence-electron chi connectivity index (χ1n) is 3.92. The van der Waals surface area contributed by atoms with Crippen molar-refractivity contribution in [3.8, 4) is 0 Å². The molecule has 0 spiro atoms. The highest BCUT2D eigenvalue weighted by molar-refractivity contribution is 5.23. The third-order valence-corrected chi connectivity index (χ3v) is 1.33. The Morgan fingerprint density at radius 1 is 1.33 bits per heavy atom. The minimum Gasteiger partial charge on any atom is -0.166 e. The van der Waals surface area contributed by atoms with Gasteiger partial charge in [-0.15, -0.1) is 0 Å². The lowest BCUT2D eigenvalue weighted by Crippen LogP contribution is -2.09. The summed E-state index contributed by atoms with van der Waals surface area (Å²) >= 11 is 0. The fourth-order valence-electron chi connectivity index (χ4n) is 0.758. The van der Waals surface area contributed by atoms with Gasteiger partial charge in [-0.1, -0.05) is 31.6 Å². The van der Waals surface area contributed by atoms with Gasteiger partial charge in [-0.05, 0) is 13.3 Å². The molecule has 0 aliphatic carbocycles. The maximum atomic E-state index is 12.1. The average molecular weight is 178 g/mol. The minimum atomic E-state index is -4.21. The van der Waals surface area contributed by atoms with Gasteiger partial charge in [-0.25, -0.2) is 0 Å². The quantitative estimate of drug-likeness (QED) is 0.576. The van der Waals surface area contributed by atoms with Gasteiger partial charge in [-0.3, -0.25) is 0 Å². The summed E-state index contributed by atoms with van der Waals surface area (Å²) in [6.07, 6.45) is 0.711. The van der Waals surface area contributed by atoms with E-state index in [-0.39, 0.29) is 0 Å². The average Bonchev–Trinajstić information content (AvgIpc) is 1.95. The Hall–Kier alpha value is -0.730. The zero-order chi connectivity index (χ0) is 9.61. The Labute approximate surface area is 70.8 Å². The molecule has 0 aromatic carbocycles. The largest absolute Gasteiger partial charge is 0.416 e. The Bertz CT molecular complexity index is 175. The molecule has 0 aromatic heterocycles. The van der Waals surface area contributed by atoms with Crippen molar-refractivity contribution in [3.63, 3.8) is 0 Å². The van der Waals surface area contributed by atoms with Gasteiger partial charge in [-0.2, -0.15) is 13.2 Å². The molecule has 70 valence electrons. The molecule has 3 heteroatoms. The van der Waals surface area contributed by atoms with E-state index in [4.69, 9.17) is 0 Å². The second-order valence-corrected chi connectivity index (χ2v) is 2.45. The molecule has 0 N–H and O–H groups in total. The van der Waals surface area contributed by atoms with Crippen molar-refractivity contribution in [1.82, 2.24) is 0 Å². The SMILES string of the molecule is CC=C/C(=C\CCC)C(F)(F)F. The molecule has 0 saturated heterocycles. The highest BCUT2D eigenvalue weighted by atomic mass is 19.4. The van der Waals surface area contributed by atoms with Gasteiger partial charge in [0.25, 0.3) is 0 Å². The minimum absolute atomic E-state index is 0.471. The van der Waals surface area contributed by atoms with Crippen LogP contribution >= 0.6 is 0 Å². The molecule has 0 fully saturated rings. The van der Waals surface area contributed by atoms with Crippen LogP contribution in [0.15, 0.2) is 23.8 Å². The number of halogens is 3. The van der Waals surface area contributed by atoms with Gasteiger partial charge < -0.3 is 0 Å². The number of allylic oxidation sites excluding steroid dienone is 4. The first-order chi connectivity index (χ1) is 5.52. The molecule has 0 rings (SSSR count). The highest BCUT2D eigenvalue weighted by Crippen LogP contribution is 2.26. The van der Waals surface area contributed by atoms with E-state index < -0.39 is 11.7 Å². The van der Waals surface area contributed by atoms with Gasteiger partial charge in [0.05, 0.1) is 5.57 Å². The Kier molecular flexibility index (Phi) is 4.71. The van der Waals surface area contributed by atoms with Crippen LogP contribution < -0.4 is 0 Å². The van der Waals surface area contributed by atoms with Crippen LogP contribution in [0.4, 0.5) is 13.2 Å². The zero-order valence-electron chi connectivity index (χ0n) is 7.28. The smallest absolute Gasteiger partial charge is 0.166 e. The predicted molar refractivity (Wildman–Crippen MR) is 43.9 cm³/mol. The van der Waals surface area contributed by atoms with Gasteiger partial charge in [0.2, 0.25) is 0 Å². The normalized spacial score (nSPS) is 14.2. The van der Waals surface area contributed by atoms with E-state index in [0.717, 1.165) is 12.5 Å². The van der Waals surface area contributed by atoms with Crippen LogP contribution in [-0.4, -0.2) is 6.18 Å². The number of alkyl halides is 3. The molecular formula is C9H13F3. The van der Waals surface area contributed by atoms with Crippen LogP contribution in [0.1, 0.15) is 26.7 Å². The molecule has 0 bridgehead atoms. The summed E-state index contributed by atoms with van der Waals surface area (Å²) in [6.45, 7) is 3.42. The lowest BCUT2D eigenvalue weighted by atomic mass is 10.2. The van der Waals surface area contributed by atoms with E-state index in [1.165, 1.54) is 12.2 Å². The molecule has 0 aliphatic heterocycles. The van der Waals surface area contributed by atoms with Gasteiger partial charge in [0, 0.05) is 0 Å². The fourth-order valence-corrected chi connectivity index (χ4v) is 0.758. The summed E-state index contributed by atoms with van der Waals surface area (Å²) in [4.78, 5) is 0. The lowest BCUT2D eigenvalue weighted by molar-refractivity contribution is -0.0884. The third kappa shape index (κ3) is 4.21.